The van der Waals surface area contributed by atoms with Gasteiger partial charge in [0.25, 0.3) is 5.91 Å². The molecule has 0 aliphatic carbocycles. The second-order valence-electron chi connectivity index (χ2n) is 6.47. The van der Waals surface area contributed by atoms with E-state index >= 15 is 0 Å². The first kappa shape index (κ1) is 22.0. The summed E-state index contributed by atoms with van der Waals surface area (Å²) in [6.07, 6.45) is 0.678. The number of esters is 1. The van der Waals surface area contributed by atoms with Crippen LogP contribution in [0, 0.1) is 24.0 Å². The molecule has 2 aromatic heterocycles. The van der Waals surface area contributed by atoms with E-state index in [1.54, 1.807) is 20.8 Å². The molecule has 156 valence electrons. The molecule has 0 atom stereocenters. The maximum Gasteiger partial charge on any atom is 0.341 e. The summed E-state index contributed by atoms with van der Waals surface area (Å²) in [4.78, 5) is 46.9. The zero-order valence-electron chi connectivity index (χ0n) is 16.3. The van der Waals surface area contributed by atoms with Crippen molar-refractivity contribution in [1.82, 2.24) is 9.78 Å². The topological polar surface area (TPSA) is 159 Å². The number of aryl methyl sites for hydroxylation is 1. The van der Waals surface area contributed by atoms with Gasteiger partial charge in [0.05, 0.1) is 28.0 Å². The molecule has 0 saturated heterocycles. The molecule has 2 amide bonds. The van der Waals surface area contributed by atoms with Crippen molar-refractivity contribution >= 4 is 39.8 Å². The molecule has 3 N–H and O–H groups in total. The van der Waals surface area contributed by atoms with Gasteiger partial charge in [0.2, 0.25) is 5.91 Å². The summed E-state index contributed by atoms with van der Waals surface area (Å²) in [6, 6.07) is 0. The molecule has 2 rings (SSSR count). The second kappa shape index (κ2) is 8.82. The van der Waals surface area contributed by atoms with E-state index in [-0.39, 0.29) is 40.2 Å². The highest BCUT2D eigenvalue weighted by Gasteiger charge is 2.26. The molecule has 0 unspecified atom stereocenters. The Kier molecular flexibility index (Phi) is 6.69. The number of hydrogen-bond donors (Lipinski definition) is 2. The van der Waals surface area contributed by atoms with Gasteiger partial charge in [0, 0.05) is 6.42 Å². The van der Waals surface area contributed by atoms with Crippen LogP contribution in [0.4, 0.5) is 10.7 Å². The van der Waals surface area contributed by atoms with E-state index in [0.29, 0.717) is 11.3 Å². The third-order valence-electron chi connectivity index (χ3n) is 4.00. The molecule has 0 bridgehead atoms. The molecule has 0 radical (unpaired) electrons. The van der Waals surface area contributed by atoms with Crippen molar-refractivity contribution in [2.45, 2.75) is 46.8 Å². The summed E-state index contributed by atoms with van der Waals surface area (Å²) >= 11 is 0.892. The molecule has 0 aromatic carbocycles. The van der Waals surface area contributed by atoms with Gasteiger partial charge in [-0.2, -0.15) is 5.10 Å². The van der Waals surface area contributed by atoms with Crippen LogP contribution in [0.2, 0.25) is 0 Å². The molecule has 2 heterocycles. The lowest BCUT2D eigenvalue weighted by Crippen LogP contribution is -2.18. The van der Waals surface area contributed by atoms with Gasteiger partial charge in [-0.3, -0.25) is 24.4 Å². The van der Waals surface area contributed by atoms with Gasteiger partial charge in [-0.15, -0.1) is 11.3 Å². The summed E-state index contributed by atoms with van der Waals surface area (Å²) in [5.41, 5.74) is 5.95. The number of nitrogens with two attached hydrogens (primary N) is 1. The SMILES string of the molecule is Cc1c(C(N)=O)sc(NC(=O)CCn2ncc([N+](=O)[O-])c2C)c1C(=O)OC(C)C. The number of ether oxygens (including phenoxy) is 1. The maximum absolute atomic E-state index is 12.4. The third kappa shape index (κ3) is 4.96. The Hall–Kier alpha value is -3.28. The number of carbonyl (C=O) groups excluding carboxylic acids is 3. The molecule has 0 saturated carbocycles. The van der Waals surface area contributed by atoms with Crippen molar-refractivity contribution < 1.29 is 24.0 Å². The number of thiophene rings is 1. The molecule has 0 fully saturated rings. The molecule has 12 heteroatoms. The lowest BCUT2D eigenvalue weighted by atomic mass is 10.1. The Bertz CT molecular complexity index is 977. The summed E-state index contributed by atoms with van der Waals surface area (Å²) in [5.74, 6) is -1.85. The van der Waals surface area contributed by atoms with Crippen molar-refractivity contribution in [2.75, 3.05) is 5.32 Å². The Labute approximate surface area is 170 Å². The number of nitrogens with one attached hydrogen (secondary N) is 1. The van der Waals surface area contributed by atoms with Crippen LogP contribution in [0.25, 0.3) is 0 Å². The summed E-state index contributed by atoms with van der Waals surface area (Å²) in [7, 11) is 0. The molecule has 0 spiro atoms. The van der Waals surface area contributed by atoms with Gasteiger partial charge < -0.3 is 15.8 Å². The van der Waals surface area contributed by atoms with Gasteiger partial charge in [0.15, 0.2) is 0 Å². The highest BCUT2D eigenvalue weighted by molar-refractivity contribution is 7.18. The van der Waals surface area contributed by atoms with Gasteiger partial charge in [0.1, 0.15) is 16.9 Å². The number of nitrogens with zero attached hydrogens (tertiary/aromatic N) is 3. The Morgan fingerprint density at radius 1 is 1.38 bits per heavy atom. The van der Waals surface area contributed by atoms with E-state index in [9.17, 15) is 24.5 Å². The van der Waals surface area contributed by atoms with E-state index in [4.69, 9.17) is 10.5 Å². The van der Waals surface area contributed by atoms with Crippen molar-refractivity contribution in [3.8, 4) is 0 Å². The van der Waals surface area contributed by atoms with Gasteiger partial charge in [-0.25, -0.2) is 4.79 Å². The van der Waals surface area contributed by atoms with Gasteiger partial charge in [-0.1, -0.05) is 0 Å². The van der Waals surface area contributed by atoms with Crippen LogP contribution in [-0.2, 0) is 16.1 Å². The highest BCUT2D eigenvalue weighted by Crippen LogP contribution is 2.34. The number of carbonyl (C=O) groups is 3. The van der Waals surface area contributed by atoms with Crippen molar-refractivity contribution in [3.05, 3.63) is 38.0 Å². The number of rotatable bonds is 8. The van der Waals surface area contributed by atoms with Gasteiger partial charge in [-0.05, 0) is 33.3 Å². The zero-order chi connectivity index (χ0) is 21.9. The number of anilines is 1. The average Bonchev–Trinajstić information content (AvgIpc) is 3.12. The first-order valence-corrected chi connectivity index (χ1v) is 9.45. The maximum atomic E-state index is 12.4. The number of aromatic nitrogens is 2. The molecule has 2 aromatic rings. The summed E-state index contributed by atoms with van der Waals surface area (Å²) in [5, 5.41) is 17.5. The minimum atomic E-state index is -0.717. The number of amides is 2. The van der Waals surface area contributed by atoms with Crippen LogP contribution in [0.15, 0.2) is 6.20 Å². The van der Waals surface area contributed by atoms with Crippen LogP contribution >= 0.6 is 11.3 Å². The smallest absolute Gasteiger partial charge is 0.341 e. The number of primary amides is 1. The highest BCUT2D eigenvalue weighted by atomic mass is 32.1. The monoisotopic (exact) mass is 423 g/mol. The minimum absolute atomic E-state index is 0.0544. The Morgan fingerprint density at radius 2 is 2.03 bits per heavy atom. The lowest BCUT2D eigenvalue weighted by molar-refractivity contribution is -0.385. The van der Waals surface area contributed by atoms with Crippen LogP contribution in [0.3, 0.4) is 0 Å². The fourth-order valence-electron chi connectivity index (χ4n) is 2.59. The normalized spacial score (nSPS) is 10.8. The lowest BCUT2D eigenvalue weighted by Gasteiger charge is -2.10. The van der Waals surface area contributed by atoms with Gasteiger partial charge >= 0.3 is 11.7 Å². The fraction of sp³-hybridized carbons (Fsp3) is 0.412. The average molecular weight is 423 g/mol. The Balaban J connectivity index is 2.19. The Morgan fingerprint density at radius 3 is 2.55 bits per heavy atom. The van der Waals surface area contributed by atoms with Crippen LogP contribution in [0.1, 0.15) is 51.6 Å². The summed E-state index contributed by atoms with van der Waals surface area (Å²) in [6.45, 7) is 6.54. The van der Waals surface area contributed by atoms with E-state index in [1.165, 1.54) is 11.6 Å². The van der Waals surface area contributed by atoms with E-state index < -0.39 is 22.7 Å². The minimum Gasteiger partial charge on any atom is -0.459 e. The molecule has 0 aliphatic heterocycles. The third-order valence-corrected chi connectivity index (χ3v) is 5.22. The first-order chi connectivity index (χ1) is 13.5. The quantitative estimate of drug-likeness (QED) is 0.374. The second-order valence-corrected chi connectivity index (χ2v) is 7.49. The zero-order valence-corrected chi connectivity index (χ0v) is 17.2. The van der Waals surface area contributed by atoms with E-state index in [2.05, 4.69) is 10.4 Å². The van der Waals surface area contributed by atoms with E-state index in [1.807, 2.05) is 0 Å². The fourth-order valence-corrected chi connectivity index (χ4v) is 3.66. The largest absolute Gasteiger partial charge is 0.459 e. The first-order valence-electron chi connectivity index (χ1n) is 8.63. The van der Waals surface area contributed by atoms with Crippen LogP contribution in [0.5, 0.6) is 0 Å². The molecular weight excluding hydrogens is 402 g/mol. The molecule has 0 aliphatic rings. The van der Waals surface area contributed by atoms with Crippen LogP contribution < -0.4 is 11.1 Å². The number of nitro groups is 1. The molecule has 29 heavy (non-hydrogen) atoms. The molecular formula is C17H21N5O6S. The standard InChI is InChI=1S/C17H21N5O6S/c1-8(2)28-17(25)13-9(3)14(15(18)24)29-16(13)20-12(23)5-6-21-10(4)11(7-19-21)22(26)27/h7-8H,5-6H2,1-4H3,(H2,18,24)(H,20,23). The van der Waals surface area contributed by atoms with Crippen molar-refractivity contribution in [3.63, 3.8) is 0 Å². The van der Waals surface area contributed by atoms with E-state index in [0.717, 1.165) is 17.5 Å². The predicted molar refractivity (Wildman–Crippen MR) is 105 cm³/mol. The number of hydrogen-bond acceptors (Lipinski definition) is 8. The van der Waals surface area contributed by atoms with Crippen molar-refractivity contribution in [1.29, 1.82) is 0 Å². The predicted octanol–water partition coefficient (Wildman–Crippen LogP) is 2.16. The summed E-state index contributed by atoms with van der Waals surface area (Å²) < 4.78 is 6.54. The van der Waals surface area contributed by atoms with Crippen molar-refractivity contribution in [2.24, 2.45) is 5.73 Å². The van der Waals surface area contributed by atoms with Crippen LogP contribution in [-0.4, -0.2) is 38.6 Å². The molecule has 11 nitrogen and oxygen atoms in total.